The lowest BCUT2D eigenvalue weighted by Gasteiger charge is -2.06. The average Bonchev–Trinajstić information content (AvgIpc) is 2.42. The Morgan fingerprint density at radius 2 is 1.73 bits per heavy atom. The van der Waals surface area contributed by atoms with E-state index in [0.29, 0.717) is 6.42 Å². The number of carbonyl (C=O) groups excluding carboxylic acids is 2. The first kappa shape index (κ1) is 17.6. The van der Waals surface area contributed by atoms with Gasteiger partial charge in [-0.15, -0.1) is 0 Å². The second-order valence-electron chi connectivity index (χ2n) is 4.50. The van der Waals surface area contributed by atoms with Gasteiger partial charge >= 0.3 is 5.97 Å². The van der Waals surface area contributed by atoms with Gasteiger partial charge in [-0.2, -0.15) is 0 Å². The summed E-state index contributed by atoms with van der Waals surface area (Å²) in [6.07, 6.45) is 0.247. The summed E-state index contributed by atoms with van der Waals surface area (Å²) < 4.78 is 23.5. The predicted molar refractivity (Wildman–Crippen MR) is 76.9 cm³/mol. The summed E-state index contributed by atoms with van der Waals surface area (Å²) in [6, 6.07) is 5.04. The summed E-state index contributed by atoms with van der Waals surface area (Å²) in [5, 5.41) is 11.0. The van der Waals surface area contributed by atoms with E-state index in [9.17, 15) is 22.8 Å². The summed E-state index contributed by atoms with van der Waals surface area (Å²) in [5.74, 6) is -3.14. The molecule has 0 radical (unpaired) electrons. The van der Waals surface area contributed by atoms with Gasteiger partial charge in [0.2, 0.25) is 5.91 Å². The van der Waals surface area contributed by atoms with E-state index in [4.69, 9.17) is 10.8 Å². The van der Waals surface area contributed by atoms with Crippen molar-refractivity contribution in [1.29, 1.82) is 0 Å². The lowest BCUT2D eigenvalue weighted by Crippen LogP contribution is -2.25. The number of nitrogens with one attached hydrogen (secondary N) is 1. The van der Waals surface area contributed by atoms with Gasteiger partial charge in [0.1, 0.15) is 5.75 Å². The van der Waals surface area contributed by atoms with Crippen molar-refractivity contribution in [3.8, 4) is 0 Å². The molecule has 0 saturated carbocycles. The zero-order valence-corrected chi connectivity index (χ0v) is 12.4. The van der Waals surface area contributed by atoms with Crippen LogP contribution in [0.5, 0.6) is 0 Å². The molecule has 0 aromatic heterocycles. The topological polar surface area (TPSA) is 144 Å². The van der Waals surface area contributed by atoms with Crippen molar-refractivity contribution in [3.63, 3.8) is 0 Å². The SMILES string of the molecule is NC(=O)CS(=O)(=O)c1ccc(C(=O)NCCCC(=O)O)cc1. The summed E-state index contributed by atoms with van der Waals surface area (Å²) in [6.45, 7) is 0.201. The van der Waals surface area contributed by atoms with E-state index in [-0.39, 0.29) is 23.4 Å². The third-order valence-corrected chi connectivity index (χ3v) is 4.32. The van der Waals surface area contributed by atoms with E-state index < -0.39 is 33.4 Å². The fourth-order valence-electron chi connectivity index (χ4n) is 1.63. The van der Waals surface area contributed by atoms with Gasteiger partial charge in [-0.05, 0) is 30.7 Å². The molecular formula is C13H16N2O6S. The first-order valence-electron chi connectivity index (χ1n) is 6.33. The Morgan fingerprint density at radius 3 is 2.23 bits per heavy atom. The molecule has 0 aliphatic carbocycles. The minimum absolute atomic E-state index is 0.0510. The van der Waals surface area contributed by atoms with Crippen LogP contribution >= 0.6 is 0 Å². The Labute approximate surface area is 127 Å². The van der Waals surface area contributed by atoms with E-state index in [1.54, 1.807) is 0 Å². The smallest absolute Gasteiger partial charge is 0.303 e. The maximum Gasteiger partial charge on any atom is 0.303 e. The largest absolute Gasteiger partial charge is 0.481 e. The highest BCUT2D eigenvalue weighted by Crippen LogP contribution is 2.12. The third-order valence-electron chi connectivity index (χ3n) is 2.66. The molecule has 0 unspecified atom stereocenters. The monoisotopic (exact) mass is 328 g/mol. The fourth-order valence-corrected chi connectivity index (χ4v) is 2.72. The number of carboxylic acids is 1. The number of benzene rings is 1. The molecule has 8 nitrogen and oxygen atoms in total. The lowest BCUT2D eigenvalue weighted by molar-refractivity contribution is -0.137. The van der Waals surface area contributed by atoms with E-state index in [2.05, 4.69) is 5.32 Å². The van der Waals surface area contributed by atoms with Crippen LogP contribution in [-0.4, -0.2) is 43.6 Å². The zero-order valence-electron chi connectivity index (χ0n) is 11.6. The number of carbonyl (C=O) groups is 3. The number of hydrogen-bond donors (Lipinski definition) is 3. The van der Waals surface area contributed by atoms with Crippen molar-refractivity contribution in [1.82, 2.24) is 5.32 Å². The fraction of sp³-hybridized carbons (Fsp3) is 0.308. The Hall–Kier alpha value is -2.42. The van der Waals surface area contributed by atoms with Gasteiger partial charge in [0.15, 0.2) is 9.84 Å². The van der Waals surface area contributed by atoms with E-state index in [1.807, 2.05) is 0 Å². The predicted octanol–water partition coefficient (Wildman–Crippen LogP) is -0.460. The molecule has 0 aliphatic heterocycles. The number of aliphatic carboxylic acids is 1. The normalized spacial score (nSPS) is 10.9. The zero-order chi connectivity index (χ0) is 16.8. The van der Waals surface area contributed by atoms with Crippen molar-refractivity contribution in [2.75, 3.05) is 12.3 Å². The van der Waals surface area contributed by atoms with Gasteiger partial charge in [0.25, 0.3) is 5.91 Å². The maximum absolute atomic E-state index is 11.7. The highest BCUT2D eigenvalue weighted by molar-refractivity contribution is 7.92. The minimum atomic E-state index is -3.80. The van der Waals surface area contributed by atoms with Crippen LogP contribution in [0.2, 0.25) is 0 Å². The van der Waals surface area contributed by atoms with Crippen LogP contribution in [0.25, 0.3) is 0 Å². The van der Waals surface area contributed by atoms with Gasteiger partial charge < -0.3 is 16.2 Å². The number of sulfone groups is 1. The van der Waals surface area contributed by atoms with E-state index >= 15 is 0 Å². The van der Waals surface area contributed by atoms with Gasteiger partial charge in [0, 0.05) is 18.5 Å². The van der Waals surface area contributed by atoms with Crippen LogP contribution in [0, 0.1) is 0 Å². The number of primary amides is 1. The van der Waals surface area contributed by atoms with E-state index in [0.717, 1.165) is 0 Å². The average molecular weight is 328 g/mol. The van der Waals surface area contributed by atoms with Crippen LogP contribution in [0.15, 0.2) is 29.2 Å². The van der Waals surface area contributed by atoms with Crippen molar-refractivity contribution in [3.05, 3.63) is 29.8 Å². The Morgan fingerprint density at radius 1 is 1.14 bits per heavy atom. The number of carboxylic acid groups (broad SMARTS) is 1. The lowest BCUT2D eigenvalue weighted by atomic mass is 10.2. The van der Waals surface area contributed by atoms with Crippen LogP contribution in [0.4, 0.5) is 0 Å². The molecule has 0 aliphatic rings. The van der Waals surface area contributed by atoms with Gasteiger partial charge in [-0.1, -0.05) is 0 Å². The Balaban J connectivity index is 2.66. The second kappa shape index (κ2) is 7.55. The molecule has 1 aromatic carbocycles. The van der Waals surface area contributed by atoms with Crippen molar-refractivity contribution in [2.45, 2.75) is 17.7 Å². The van der Waals surface area contributed by atoms with Crippen LogP contribution in [0.3, 0.4) is 0 Å². The Bertz CT molecular complexity index is 666. The molecule has 0 saturated heterocycles. The van der Waals surface area contributed by atoms with Gasteiger partial charge in [-0.25, -0.2) is 8.42 Å². The number of amides is 2. The minimum Gasteiger partial charge on any atom is -0.481 e. The van der Waals surface area contributed by atoms with Crippen molar-refractivity contribution >= 4 is 27.6 Å². The first-order valence-corrected chi connectivity index (χ1v) is 7.99. The molecule has 2 amide bonds. The molecule has 9 heteroatoms. The summed E-state index contributed by atoms with van der Waals surface area (Å²) in [4.78, 5) is 32.7. The molecular weight excluding hydrogens is 312 g/mol. The number of rotatable bonds is 8. The number of nitrogens with two attached hydrogens (primary N) is 1. The molecule has 0 spiro atoms. The van der Waals surface area contributed by atoms with Crippen LogP contribution < -0.4 is 11.1 Å². The van der Waals surface area contributed by atoms with Gasteiger partial charge in [0.05, 0.1) is 4.90 Å². The van der Waals surface area contributed by atoms with Gasteiger partial charge in [-0.3, -0.25) is 14.4 Å². The molecule has 0 fully saturated rings. The molecule has 1 rings (SSSR count). The summed E-state index contributed by atoms with van der Waals surface area (Å²) in [5.41, 5.74) is 5.09. The summed E-state index contributed by atoms with van der Waals surface area (Å²) in [7, 11) is -3.80. The van der Waals surface area contributed by atoms with Crippen LogP contribution in [0.1, 0.15) is 23.2 Å². The Kier molecular flexibility index (Phi) is 6.05. The maximum atomic E-state index is 11.7. The standard InChI is InChI=1S/C13H16N2O6S/c14-11(16)8-22(20,21)10-5-3-9(4-6-10)13(19)15-7-1-2-12(17)18/h3-6H,1-2,7-8H2,(H2,14,16)(H,15,19)(H,17,18). The van der Waals surface area contributed by atoms with Crippen molar-refractivity contribution in [2.24, 2.45) is 5.73 Å². The quantitative estimate of drug-likeness (QED) is 0.551. The molecule has 0 heterocycles. The first-order chi connectivity index (χ1) is 10.2. The highest BCUT2D eigenvalue weighted by atomic mass is 32.2. The molecule has 22 heavy (non-hydrogen) atoms. The molecule has 4 N–H and O–H groups in total. The van der Waals surface area contributed by atoms with E-state index in [1.165, 1.54) is 24.3 Å². The molecule has 0 atom stereocenters. The summed E-state index contributed by atoms with van der Waals surface area (Å²) >= 11 is 0. The molecule has 120 valence electrons. The number of hydrogen-bond acceptors (Lipinski definition) is 5. The highest BCUT2D eigenvalue weighted by Gasteiger charge is 2.18. The van der Waals surface area contributed by atoms with Crippen LogP contribution in [-0.2, 0) is 19.4 Å². The third kappa shape index (κ3) is 5.52. The molecule has 0 bridgehead atoms. The van der Waals surface area contributed by atoms with Crippen molar-refractivity contribution < 1.29 is 27.9 Å². The molecule has 1 aromatic rings. The second-order valence-corrected chi connectivity index (χ2v) is 6.49.